The fourth-order valence-corrected chi connectivity index (χ4v) is 3.24. The van der Waals surface area contributed by atoms with Crippen molar-refractivity contribution in [2.75, 3.05) is 23.7 Å². The van der Waals surface area contributed by atoms with Crippen LogP contribution in [0.1, 0.15) is 42.9 Å². The van der Waals surface area contributed by atoms with Crippen LogP contribution in [0.4, 0.5) is 17.3 Å². The number of nitrogens with one attached hydrogen (secondary N) is 2. The van der Waals surface area contributed by atoms with E-state index < -0.39 is 0 Å². The van der Waals surface area contributed by atoms with E-state index in [-0.39, 0.29) is 11.8 Å². The molecule has 2 N–H and O–H groups in total. The predicted molar refractivity (Wildman–Crippen MR) is 105 cm³/mol. The minimum atomic E-state index is -0.118. The van der Waals surface area contributed by atoms with Crippen molar-refractivity contribution in [3.63, 3.8) is 0 Å². The summed E-state index contributed by atoms with van der Waals surface area (Å²) in [5.41, 5.74) is 2.64. The van der Waals surface area contributed by atoms with Crippen LogP contribution in [0, 0.1) is 12.8 Å². The van der Waals surface area contributed by atoms with Gasteiger partial charge in [0.1, 0.15) is 5.69 Å². The number of piperidine rings is 1. The van der Waals surface area contributed by atoms with Gasteiger partial charge in [-0.25, -0.2) is 9.97 Å². The summed E-state index contributed by atoms with van der Waals surface area (Å²) in [5.74, 6) is 0.741. The molecule has 27 heavy (non-hydrogen) atoms. The minimum Gasteiger partial charge on any atom is -0.337 e. The molecule has 0 bridgehead atoms. The molecule has 1 aromatic carbocycles. The van der Waals surface area contributed by atoms with Gasteiger partial charge in [-0.1, -0.05) is 6.92 Å². The molecular weight excluding hydrogens is 342 g/mol. The van der Waals surface area contributed by atoms with Gasteiger partial charge in [0.25, 0.3) is 5.91 Å². The Labute approximate surface area is 159 Å². The Morgan fingerprint density at radius 1 is 1.15 bits per heavy atom. The Hall–Kier alpha value is -2.96. The monoisotopic (exact) mass is 367 g/mol. The Kier molecular flexibility index (Phi) is 5.69. The predicted octanol–water partition coefficient (Wildman–Crippen LogP) is 3.36. The lowest BCUT2D eigenvalue weighted by Gasteiger charge is -2.30. The third kappa shape index (κ3) is 5.03. The van der Waals surface area contributed by atoms with Gasteiger partial charge < -0.3 is 15.5 Å². The second kappa shape index (κ2) is 8.16. The second-order valence-electron chi connectivity index (χ2n) is 7.10. The molecule has 1 aliphatic rings. The SMILES string of the molecule is CC(=O)Nc1ccc(Nc2nc(C)cc(C(=O)N3CCCC(C)C3)n2)cc1. The highest BCUT2D eigenvalue weighted by Gasteiger charge is 2.23. The molecule has 0 aliphatic carbocycles. The summed E-state index contributed by atoms with van der Waals surface area (Å²) < 4.78 is 0. The van der Waals surface area contributed by atoms with Gasteiger partial charge in [0, 0.05) is 37.1 Å². The van der Waals surface area contributed by atoms with E-state index >= 15 is 0 Å². The number of hydrogen-bond acceptors (Lipinski definition) is 5. The smallest absolute Gasteiger partial charge is 0.272 e. The second-order valence-corrected chi connectivity index (χ2v) is 7.10. The molecular formula is C20H25N5O2. The van der Waals surface area contributed by atoms with Crippen LogP contribution < -0.4 is 10.6 Å². The number of benzene rings is 1. The summed E-state index contributed by atoms with van der Waals surface area (Å²) in [4.78, 5) is 34.6. The molecule has 7 nitrogen and oxygen atoms in total. The van der Waals surface area contributed by atoms with Crippen LogP contribution >= 0.6 is 0 Å². The number of nitrogens with zero attached hydrogens (tertiary/aromatic N) is 3. The highest BCUT2D eigenvalue weighted by Crippen LogP contribution is 2.20. The van der Waals surface area contributed by atoms with Crippen molar-refractivity contribution in [2.24, 2.45) is 5.92 Å². The van der Waals surface area contributed by atoms with Crippen LogP contribution in [0.5, 0.6) is 0 Å². The zero-order valence-electron chi connectivity index (χ0n) is 16.0. The van der Waals surface area contributed by atoms with Gasteiger partial charge in [-0.2, -0.15) is 0 Å². The number of aryl methyl sites for hydroxylation is 1. The van der Waals surface area contributed by atoms with Crippen LogP contribution in [0.3, 0.4) is 0 Å². The lowest BCUT2D eigenvalue weighted by molar-refractivity contribution is -0.114. The number of likely N-dealkylation sites (tertiary alicyclic amines) is 1. The molecule has 0 saturated carbocycles. The molecule has 1 aromatic heterocycles. The number of carbonyl (C=O) groups is 2. The number of anilines is 3. The molecule has 7 heteroatoms. The van der Waals surface area contributed by atoms with E-state index in [1.165, 1.54) is 6.92 Å². The Bertz CT molecular complexity index is 835. The van der Waals surface area contributed by atoms with Gasteiger partial charge in [-0.05, 0) is 56.0 Å². The quantitative estimate of drug-likeness (QED) is 0.865. The van der Waals surface area contributed by atoms with E-state index in [1.54, 1.807) is 18.2 Å². The fraction of sp³-hybridized carbons (Fsp3) is 0.400. The molecule has 1 saturated heterocycles. The molecule has 1 unspecified atom stereocenters. The molecule has 142 valence electrons. The molecule has 1 atom stereocenters. The first-order valence-corrected chi connectivity index (χ1v) is 9.20. The zero-order valence-corrected chi connectivity index (χ0v) is 16.0. The largest absolute Gasteiger partial charge is 0.337 e. The standard InChI is InChI=1S/C20H25N5O2/c1-13-5-4-10-25(12-13)19(27)18-11-14(2)21-20(24-18)23-17-8-6-16(7-9-17)22-15(3)26/h6-9,11,13H,4-5,10,12H2,1-3H3,(H,22,26)(H,21,23,24). The van der Waals surface area contributed by atoms with Crippen LogP contribution in [0.2, 0.25) is 0 Å². The normalized spacial score (nSPS) is 16.7. The lowest BCUT2D eigenvalue weighted by Crippen LogP contribution is -2.39. The van der Waals surface area contributed by atoms with Gasteiger partial charge in [0.05, 0.1) is 0 Å². The average Bonchev–Trinajstić information content (AvgIpc) is 2.62. The maximum Gasteiger partial charge on any atom is 0.272 e. The zero-order chi connectivity index (χ0) is 19.4. The van der Waals surface area contributed by atoms with E-state index in [0.29, 0.717) is 23.2 Å². The molecule has 0 radical (unpaired) electrons. The lowest BCUT2D eigenvalue weighted by atomic mass is 10.00. The third-order valence-electron chi connectivity index (χ3n) is 4.48. The maximum atomic E-state index is 12.8. The van der Waals surface area contributed by atoms with Crippen LogP contribution in [0.15, 0.2) is 30.3 Å². The topological polar surface area (TPSA) is 87.2 Å². The highest BCUT2D eigenvalue weighted by molar-refractivity contribution is 5.93. The third-order valence-corrected chi connectivity index (χ3v) is 4.48. The van der Waals surface area contributed by atoms with E-state index in [9.17, 15) is 9.59 Å². The summed E-state index contributed by atoms with van der Waals surface area (Å²) in [5, 5.41) is 5.85. The molecule has 0 spiro atoms. The first-order valence-electron chi connectivity index (χ1n) is 9.20. The summed E-state index contributed by atoms with van der Waals surface area (Å²) in [7, 11) is 0. The van der Waals surface area contributed by atoms with E-state index in [1.807, 2.05) is 24.0 Å². The van der Waals surface area contributed by atoms with Crippen molar-refractivity contribution in [2.45, 2.75) is 33.6 Å². The Balaban J connectivity index is 1.75. The maximum absolute atomic E-state index is 12.8. The van der Waals surface area contributed by atoms with Crippen molar-refractivity contribution in [1.29, 1.82) is 0 Å². The van der Waals surface area contributed by atoms with Crippen molar-refractivity contribution in [3.8, 4) is 0 Å². The van der Waals surface area contributed by atoms with E-state index in [2.05, 4.69) is 27.5 Å². The van der Waals surface area contributed by atoms with E-state index in [4.69, 9.17) is 0 Å². The van der Waals surface area contributed by atoms with Crippen LogP contribution in [0.25, 0.3) is 0 Å². The van der Waals surface area contributed by atoms with Gasteiger partial charge in [0.15, 0.2) is 0 Å². The number of amides is 2. The molecule has 2 aromatic rings. The van der Waals surface area contributed by atoms with Gasteiger partial charge in [-0.15, -0.1) is 0 Å². The number of aromatic nitrogens is 2. The highest BCUT2D eigenvalue weighted by atomic mass is 16.2. The molecule has 1 fully saturated rings. The van der Waals surface area contributed by atoms with E-state index in [0.717, 1.165) is 37.3 Å². The fourth-order valence-electron chi connectivity index (χ4n) is 3.24. The minimum absolute atomic E-state index is 0.0453. The van der Waals surface area contributed by atoms with Crippen molar-refractivity contribution < 1.29 is 9.59 Å². The summed E-state index contributed by atoms with van der Waals surface area (Å²) in [6.07, 6.45) is 2.19. The molecule has 2 amide bonds. The molecule has 3 rings (SSSR count). The average molecular weight is 367 g/mol. The van der Waals surface area contributed by atoms with Crippen molar-refractivity contribution in [1.82, 2.24) is 14.9 Å². The van der Waals surface area contributed by atoms with Crippen LogP contribution in [-0.2, 0) is 4.79 Å². The first-order chi connectivity index (χ1) is 12.9. The first kappa shape index (κ1) is 18.8. The molecule has 2 heterocycles. The number of rotatable bonds is 4. The van der Waals surface area contributed by atoms with Crippen molar-refractivity contribution in [3.05, 3.63) is 41.7 Å². The van der Waals surface area contributed by atoms with Crippen LogP contribution in [-0.4, -0.2) is 39.8 Å². The summed E-state index contributed by atoms with van der Waals surface area (Å²) in [6, 6.07) is 8.96. The summed E-state index contributed by atoms with van der Waals surface area (Å²) >= 11 is 0. The number of hydrogen-bond donors (Lipinski definition) is 2. The van der Waals surface area contributed by atoms with Gasteiger partial charge >= 0.3 is 0 Å². The molecule has 1 aliphatic heterocycles. The number of carbonyl (C=O) groups excluding carboxylic acids is 2. The Morgan fingerprint density at radius 3 is 2.52 bits per heavy atom. The van der Waals surface area contributed by atoms with Crippen molar-refractivity contribution >= 4 is 29.1 Å². The summed E-state index contributed by atoms with van der Waals surface area (Å²) in [6.45, 7) is 7.04. The van der Waals surface area contributed by atoms with Gasteiger partial charge in [0.2, 0.25) is 11.9 Å². The Morgan fingerprint density at radius 2 is 1.85 bits per heavy atom. The van der Waals surface area contributed by atoms with Gasteiger partial charge in [-0.3, -0.25) is 9.59 Å².